The lowest BCUT2D eigenvalue weighted by Gasteiger charge is -2.26. The molecule has 9 heteroatoms. The van der Waals surface area contributed by atoms with Crippen LogP contribution in [-0.2, 0) is 11.3 Å². The first kappa shape index (κ1) is 25.7. The molecule has 1 amide bonds. The Kier molecular flexibility index (Phi) is 7.42. The highest BCUT2D eigenvalue weighted by Crippen LogP contribution is 2.34. The van der Waals surface area contributed by atoms with Crippen LogP contribution in [0, 0.1) is 20.8 Å². The Balaban J connectivity index is 1.78. The number of ether oxygens (including phenoxy) is 2. The maximum Gasteiger partial charge on any atom is 0.422 e. The quantitative estimate of drug-likeness (QED) is 0.297. The second-order valence-electron chi connectivity index (χ2n) is 9.82. The van der Waals surface area contributed by atoms with Gasteiger partial charge in [0.05, 0.1) is 6.20 Å². The lowest BCUT2D eigenvalue weighted by molar-refractivity contribution is 0.0596. The van der Waals surface area contributed by atoms with Gasteiger partial charge < -0.3 is 14.8 Å². The molecule has 0 atom stereocenters. The number of carbonyl (C=O) groups is 1. The van der Waals surface area contributed by atoms with E-state index in [2.05, 4.69) is 20.5 Å². The Morgan fingerprint density at radius 3 is 2.49 bits per heavy atom. The van der Waals surface area contributed by atoms with E-state index in [1.54, 1.807) is 33.0 Å². The summed E-state index contributed by atoms with van der Waals surface area (Å²) in [5, 5.41) is 10.5. The molecule has 0 radical (unpaired) electrons. The number of benzene rings is 2. The molecule has 0 spiro atoms. The van der Waals surface area contributed by atoms with Crippen molar-refractivity contribution in [3.8, 4) is 5.75 Å². The predicted molar refractivity (Wildman–Crippen MR) is 144 cm³/mol. The van der Waals surface area contributed by atoms with E-state index < -0.39 is 11.7 Å². The number of aryl methyl sites for hydroxylation is 3. The third-order valence-corrected chi connectivity index (χ3v) is 5.32. The molecule has 0 unspecified atom stereocenters. The van der Waals surface area contributed by atoms with Crippen LogP contribution in [0.3, 0.4) is 0 Å². The molecule has 37 heavy (non-hydrogen) atoms. The zero-order chi connectivity index (χ0) is 26.6. The van der Waals surface area contributed by atoms with E-state index in [0.29, 0.717) is 17.5 Å². The lowest BCUT2D eigenvalue weighted by atomic mass is 10.1. The summed E-state index contributed by atoms with van der Waals surface area (Å²) >= 11 is 0. The normalized spacial score (nSPS) is 11.2. The fraction of sp³-hybridized carbons (Fsp3) is 0.286. The van der Waals surface area contributed by atoms with Gasteiger partial charge in [0.25, 0.3) is 0 Å². The van der Waals surface area contributed by atoms with Gasteiger partial charge in [0, 0.05) is 17.4 Å². The van der Waals surface area contributed by atoms with Gasteiger partial charge >= 0.3 is 6.09 Å². The van der Waals surface area contributed by atoms with E-state index in [1.165, 1.54) is 4.90 Å². The van der Waals surface area contributed by atoms with E-state index in [9.17, 15) is 4.79 Å². The van der Waals surface area contributed by atoms with Crippen molar-refractivity contribution in [3.05, 3.63) is 83.2 Å². The minimum atomic E-state index is -0.738. The van der Waals surface area contributed by atoms with Gasteiger partial charge in [-0.05, 0) is 64.3 Å². The second-order valence-corrected chi connectivity index (χ2v) is 9.82. The maximum atomic E-state index is 13.5. The highest BCUT2D eigenvalue weighted by Gasteiger charge is 2.31. The largest absolute Gasteiger partial charge is 0.483 e. The van der Waals surface area contributed by atoms with Crippen molar-refractivity contribution in [3.63, 3.8) is 0 Å². The van der Waals surface area contributed by atoms with Crippen LogP contribution in [0.25, 0.3) is 0 Å². The standard InChI is InChI=1S/C28H32N6O3/c1-18-12-13-19(2)22(14-18)30-26-29-16-23(36-17-21-10-8-7-9-11-21)25(31-26)34(24-15-20(3)32-33-24)27(35)37-28(4,5)6/h7-16H,17H2,1-6H3,(H,32,33)(H,29,30,31). The van der Waals surface area contributed by atoms with Gasteiger partial charge in [-0.3, -0.25) is 5.10 Å². The number of carbonyl (C=O) groups excluding carboxylic acids is 1. The number of rotatable bonds is 7. The summed E-state index contributed by atoms with van der Waals surface area (Å²) in [6, 6.07) is 17.5. The number of amides is 1. The molecule has 9 nitrogen and oxygen atoms in total. The third kappa shape index (κ3) is 6.63. The summed E-state index contributed by atoms with van der Waals surface area (Å²) in [6.07, 6.45) is 0.912. The SMILES string of the molecule is Cc1ccc(C)c(Nc2ncc(OCc3ccccc3)c(N(C(=O)OC(C)(C)C)c3cc(C)[nH]n3)n2)c1. The molecule has 0 aliphatic heterocycles. The van der Waals surface area contributed by atoms with Crippen LogP contribution in [0.1, 0.15) is 43.2 Å². The number of hydrogen-bond acceptors (Lipinski definition) is 7. The molecule has 0 aliphatic rings. The second kappa shape index (κ2) is 10.7. The Morgan fingerprint density at radius 1 is 1.05 bits per heavy atom. The Bertz CT molecular complexity index is 1380. The van der Waals surface area contributed by atoms with Gasteiger partial charge in [-0.2, -0.15) is 10.1 Å². The first-order valence-electron chi connectivity index (χ1n) is 12.0. The Hall–Kier alpha value is -4.40. The number of hydrogen-bond donors (Lipinski definition) is 2. The summed E-state index contributed by atoms with van der Waals surface area (Å²) in [4.78, 5) is 24.0. The Morgan fingerprint density at radius 2 is 1.81 bits per heavy atom. The Labute approximate surface area is 216 Å². The first-order chi connectivity index (χ1) is 17.6. The molecule has 4 rings (SSSR count). The lowest BCUT2D eigenvalue weighted by Crippen LogP contribution is -2.35. The number of aromatic nitrogens is 4. The number of nitrogens with zero attached hydrogens (tertiary/aromatic N) is 4. The molecule has 2 aromatic carbocycles. The number of aromatic amines is 1. The fourth-order valence-corrected chi connectivity index (χ4v) is 3.52. The van der Waals surface area contributed by atoms with Crippen LogP contribution in [0.15, 0.2) is 60.8 Å². The van der Waals surface area contributed by atoms with Crippen LogP contribution >= 0.6 is 0 Å². The summed E-state index contributed by atoms with van der Waals surface area (Å²) in [6.45, 7) is 11.5. The third-order valence-electron chi connectivity index (χ3n) is 5.32. The molecular formula is C28H32N6O3. The van der Waals surface area contributed by atoms with Gasteiger partial charge in [-0.25, -0.2) is 14.7 Å². The highest BCUT2D eigenvalue weighted by molar-refractivity contribution is 5.95. The average molecular weight is 501 g/mol. The van der Waals surface area contributed by atoms with Crippen molar-refractivity contribution >= 4 is 29.4 Å². The molecular weight excluding hydrogens is 468 g/mol. The molecule has 0 saturated heterocycles. The zero-order valence-electron chi connectivity index (χ0n) is 22.0. The summed E-state index contributed by atoms with van der Waals surface area (Å²) in [7, 11) is 0. The van der Waals surface area contributed by atoms with Gasteiger partial charge in [0.1, 0.15) is 12.2 Å². The topological polar surface area (TPSA) is 105 Å². The van der Waals surface area contributed by atoms with E-state index in [4.69, 9.17) is 14.5 Å². The van der Waals surface area contributed by atoms with E-state index >= 15 is 0 Å². The summed E-state index contributed by atoms with van der Waals surface area (Å²) in [5.41, 5.74) is 4.00. The van der Waals surface area contributed by atoms with Gasteiger partial charge in [-0.15, -0.1) is 0 Å². The van der Waals surface area contributed by atoms with Crippen molar-refractivity contribution in [1.29, 1.82) is 0 Å². The fourth-order valence-electron chi connectivity index (χ4n) is 3.52. The minimum Gasteiger partial charge on any atom is -0.483 e. The van der Waals surface area contributed by atoms with E-state index in [-0.39, 0.29) is 12.4 Å². The van der Waals surface area contributed by atoms with Crippen molar-refractivity contribution in [2.24, 2.45) is 0 Å². The van der Waals surface area contributed by atoms with Crippen molar-refractivity contribution < 1.29 is 14.3 Å². The molecule has 4 aromatic rings. The monoisotopic (exact) mass is 500 g/mol. The molecule has 2 aromatic heterocycles. The van der Waals surface area contributed by atoms with Crippen LogP contribution in [0.4, 0.5) is 28.1 Å². The maximum absolute atomic E-state index is 13.5. The molecule has 0 saturated carbocycles. The molecule has 2 N–H and O–H groups in total. The molecule has 0 fully saturated rings. The van der Waals surface area contributed by atoms with Crippen molar-refractivity contribution in [2.75, 3.05) is 10.2 Å². The van der Waals surface area contributed by atoms with Crippen LogP contribution in [0.5, 0.6) is 5.75 Å². The zero-order valence-corrected chi connectivity index (χ0v) is 22.0. The number of nitrogens with one attached hydrogen (secondary N) is 2. The van der Waals surface area contributed by atoms with Crippen LogP contribution in [-0.4, -0.2) is 31.9 Å². The van der Waals surface area contributed by atoms with Gasteiger partial charge in [0.2, 0.25) is 5.95 Å². The minimum absolute atomic E-state index is 0.208. The molecule has 0 aliphatic carbocycles. The van der Waals surface area contributed by atoms with Crippen molar-refractivity contribution in [1.82, 2.24) is 20.2 Å². The van der Waals surface area contributed by atoms with E-state index in [1.807, 2.05) is 69.3 Å². The first-order valence-corrected chi connectivity index (χ1v) is 12.0. The van der Waals surface area contributed by atoms with Crippen LogP contribution in [0.2, 0.25) is 0 Å². The van der Waals surface area contributed by atoms with E-state index in [0.717, 1.165) is 28.1 Å². The highest BCUT2D eigenvalue weighted by atomic mass is 16.6. The van der Waals surface area contributed by atoms with Gasteiger partial charge in [-0.1, -0.05) is 42.5 Å². The van der Waals surface area contributed by atoms with Crippen LogP contribution < -0.4 is 15.0 Å². The number of H-pyrrole nitrogens is 1. The predicted octanol–water partition coefficient (Wildman–Crippen LogP) is 6.52. The summed E-state index contributed by atoms with van der Waals surface area (Å²) in [5.74, 6) is 1.14. The van der Waals surface area contributed by atoms with Crippen molar-refractivity contribution in [2.45, 2.75) is 53.8 Å². The molecule has 2 heterocycles. The average Bonchev–Trinajstić information content (AvgIpc) is 3.26. The smallest absolute Gasteiger partial charge is 0.422 e. The molecule has 192 valence electrons. The van der Waals surface area contributed by atoms with Gasteiger partial charge in [0.15, 0.2) is 17.4 Å². The summed E-state index contributed by atoms with van der Waals surface area (Å²) < 4.78 is 11.8. The molecule has 0 bridgehead atoms. The number of anilines is 4.